The third kappa shape index (κ3) is 3.66. The Morgan fingerprint density at radius 3 is 2.62 bits per heavy atom. The molecule has 112 valence electrons. The Morgan fingerprint density at radius 1 is 1.24 bits per heavy atom. The lowest BCUT2D eigenvalue weighted by Crippen LogP contribution is -2.16. The molecule has 0 aliphatic rings. The van der Waals surface area contributed by atoms with Crippen LogP contribution in [-0.2, 0) is 10.0 Å². The van der Waals surface area contributed by atoms with E-state index in [9.17, 15) is 8.42 Å². The third-order valence-electron chi connectivity index (χ3n) is 2.54. The summed E-state index contributed by atoms with van der Waals surface area (Å²) in [6.45, 7) is 0. The second-order valence-corrected chi connectivity index (χ2v) is 7.47. The van der Waals surface area contributed by atoms with Crippen molar-refractivity contribution in [2.45, 2.75) is 4.90 Å². The molecule has 1 aromatic carbocycles. The molecular weight excluding hydrogens is 426 g/mol. The van der Waals surface area contributed by atoms with E-state index >= 15 is 0 Å². The Kier molecular flexibility index (Phi) is 4.74. The minimum Gasteiger partial charge on any atom is -0.495 e. The number of ether oxygens (including phenoxy) is 1. The minimum atomic E-state index is -3.88. The second-order valence-electron chi connectivity index (χ2n) is 3.99. The number of halogens is 2. The summed E-state index contributed by atoms with van der Waals surface area (Å²) in [6.07, 6.45) is 1.42. The van der Waals surface area contributed by atoms with Crippen LogP contribution < -0.4 is 15.2 Å². The number of nitrogens with zero attached hydrogens (tertiary/aromatic N) is 1. The SMILES string of the molecule is COc1ccc(Br)cc1NS(=O)(=O)c1cc(Br)cnc1N. The maximum Gasteiger partial charge on any atom is 0.265 e. The number of pyridine rings is 1. The van der Waals surface area contributed by atoms with Crippen LogP contribution in [0, 0.1) is 0 Å². The monoisotopic (exact) mass is 435 g/mol. The molecule has 21 heavy (non-hydrogen) atoms. The number of nitrogens with one attached hydrogen (secondary N) is 1. The molecule has 6 nitrogen and oxygen atoms in total. The van der Waals surface area contributed by atoms with Gasteiger partial charge in [0.1, 0.15) is 16.5 Å². The van der Waals surface area contributed by atoms with Crippen LogP contribution in [0.4, 0.5) is 11.5 Å². The molecule has 0 spiro atoms. The lowest BCUT2D eigenvalue weighted by molar-refractivity contribution is 0.417. The fourth-order valence-corrected chi connectivity index (χ4v) is 3.62. The van der Waals surface area contributed by atoms with Gasteiger partial charge in [-0.1, -0.05) is 15.9 Å². The van der Waals surface area contributed by atoms with Crippen LogP contribution in [-0.4, -0.2) is 20.5 Å². The number of rotatable bonds is 4. The van der Waals surface area contributed by atoms with Crippen molar-refractivity contribution in [2.24, 2.45) is 0 Å². The first-order chi connectivity index (χ1) is 9.83. The molecule has 2 rings (SSSR count). The van der Waals surface area contributed by atoms with Crippen molar-refractivity contribution < 1.29 is 13.2 Å². The molecule has 9 heteroatoms. The van der Waals surface area contributed by atoms with E-state index in [1.165, 1.54) is 19.4 Å². The molecule has 0 saturated carbocycles. The lowest BCUT2D eigenvalue weighted by Gasteiger charge is -2.13. The van der Waals surface area contributed by atoms with Gasteiger partial charge in [0, 0.05) is 15.1 Å². The predicted octanol–water partition coefficient (Wildman–Crippen LogP) is 3.00. The van der Waals surface area contributed by atoms with Crippen molar-refractivity contribution in [3.05, 3.63) is 39.4 Å². The molecule has 3 N–H and O–H groups in total. The van der Waals surface area contributed by atoms with Crippen LogP contribution in [0.25, 0.3) is 0 Å². The van der Waals surface area contributed by atoms with Crippen molar-refractivity contribution in [1.82, 2.24) is 4.98 Å². The number of sulfonamides is 1. The Bertz CT molecular complexity index is 781. The Labute approximate surface area is 139 Å². The first kappa shape index (κ1) is 16.1. The van der Waals surface area contributed by atoms with Gasteiger partial charge in [-0.25, -0.2) is 13.4 Å². The molecule has 0 unspecified atom stereocenters. The number of benzene rings is 1. The van der Waals surface area contributed by atoms with Crippen molar-refractivity contribution in [3.63, 3.8) is 0 Å². The topological polar surface area (TPSA) is 94.3 Å². The van der Waals surface area contributed by atoms with Gasteiger partial charge >= 0.3 is 0 Å². The van der Waals surface area contributed by atoms with Gasteiger partial charge in [-0.3, -0.25) is 4.72 Å². The Morgan fingerprint density at radius 2 is 1.95 bits per heavy atom. The number of hydrogen-bond donors (Lipinski definition) is 2. The minimum absolute atomic E-state index is 0.0836. The van der Waals surface area contributed by atoms with E-state index in [2.05, 4.69) is 41.6 Å². The number of anilines is 2. The van der Waals surface area contributed by atoms with Crippen LogP contribution in [0.1, 0.15) is 0 Å². The maximum absolute atomic E-state index is 12.4. The quantitative estimate of drug-likeness (QED) is 0.768. The van der Waals surface area contributed by atoms with Crippen LogP contribution in [0.5, 0.6) is 5.75 Å². The number of aromatic nitrogens is 1. The average molecular weight is 437 g/mol. The fraction of sp³-hybridized carbons (Fsp3) is 0.0833. The fourth-order valence-electron chi connectivity index (χ4n) is 1.61. The lowest BCUT2D eigenvalue weighted by atomic mass is 10.3. The van der Waals surface area contributed by atoms with Crippen LogP contribution in [0.3, 0.4) is 0 Å². The van der Waals surface area contributed by atoms with Gasteiger partial charge < -0.3 is 10.5 Å². The number of hydrogen-bond acceptors (Lipinski definition) is 5. The molecular formula is C12H11Br2N3O3S. The van der Waals surface area contributed by atoms with Crippen molar-refractivity contribution in [1.29, 1.82) is 0 Å². The Hall–Kier alpha value is -1.32. The molecule has 0 bridgehead atoms. The van der Waals surface area contributed by atoms with Gasteiger partial charge in [0.15, 0.2) is 0 Å². The van der Waals surface area contributed by atoms with E-state index in [4.69, 9.17) is 10.5 Å². The zero-order valence-corrected chi connectivity index (χ0v) is 14.8. The molecule has 0 radical (unpaired) electrons. The predicted molar refractivity (Wildman–Crippen MR) is 87.9 cm³/mol. The molecule has 0 aliphatic heterocycles. The number of nitrogen functional groups attached to an aromatic ring is 1. The third-order valence-corrected chi connectivity index (χ3v) is 4.87. The number of nitrogens with two attached hydrogens (primary N) is 1. The van der Waals surface area contributed by atoms with E-state index in [0.717, 1.165) is 0 Å². The largest absolute Gasteiger partial charge is 0.495 e. The summed E-state index contributed by atoms with van der Waals surface area (Å²) >= 11 is 6.45. The van der Waals surface area contributed by atoms with Gasteiger partial charge in [0.2, 0.25) is 0 Å². The number of methoxy groups -OCH3 is 1. The Balaban J connectivity index is 2.47. The summed E-state index contributed by atoms with van der Waals surface area (Å²) in [5.41, 5.74) is 5.94. The standard InChI is InChI=1S/C12H11Br2N3O3S/c1-20-10-3-2-7(13)4-9(10)17-21(18,19)11-5-8(14)6-16-12(11)15/h2-6,17H,1H3,(H2,15,16). The molecule has 1 heterocycles. The highest BCUT2D eigenvalue weighted by atomic mass is 79.9. The van der Waals surface area contributed by atoms with E-state index in [-0.39, 0.29) is 10.7 Å². The molecule has 0 aliphatic carbocycles. The molecule has 2 aromatic rings. The van der Waals surface area contributed by atoms with Gasteiger partial charge in [-0.15, -0.1) is 0 Å². The first-order valence-electron chi connectivity index (χ1n) is 5.61. The van der Waals surface area contributed by atoms with Crippen molar-refractivity contribution >= 4 is 53.4 Å². The highest BCUT2D eigenvalue weighted by Crippen LogP contribution is 2.31. The highest BCUT2D eigenvalue weighted by molar-refractivity contribution is 9.10. The summed E-state index contributed by atoms with van der Waals surface area (Å²) < 4.78 is 33.7. The maximum atomic E-state index is 12.4. The summed E-state index contributed by atoms with van der Waals surface area (Å²) in [5.74, 6) is 0.308. The molecule has 0 fully saturated rings. The molecule has 0 atom stereocenters. The van der Waals surface area contributed by atoms with E-state index in [0.29, 0.717) is 20.4 Å². The van der Waals surface area contributed by atoms with E-state index in [1.807, 2.05) is 0 Å². The average Bonchev–Trinajstić information content (AvgIpc) is 2.41. The van der Waals surface area contributed by atoms with Gasteiger partial charge in [0.25, 0.3) is 10.0 Å². The molecule has 0 saturated heterocycles. The first-order valence-corrected chi connectivity index (χ1v) is 8.68. The van der Waals surface area contributed by atoms with Crippen LogP contribution in [0.2, 0.25) is 0 Å². The second kappa shape index (κ2) is 6.20. The summed E-state index contributed by atoms with van der Waals surface area (Å²) in [6, 6.07) is 6.36. The summed E-state index contributed by atoms with van der Waals surface area (Å²) in [4.78, 5) is 3.71. The van der Waals surface area contributed by atoms with Gasteiger partial charge in [-0.05, 0) is 40.2 Å². The van der Waals surface area contributed by atoms with E-state index < -0.39 is 10.0 Å². The molecule has 0 amide bonds. The van der Waals surface area contributed by atoms with Gasteiger partial charge in [0.05, 0.1) is 12.8 Å². The normalized spacial score (nSPS) is 11.2. The van der Waals surface area contributed by atoms with Crippen molar-refractivity contribution in [2.75, 3.05) is 17.6 Å². The van der Waals surface area contributed by atoms with E-state index in [1.54, 1.807) is 18.2 Å². The van der Waals surface area contributed by atoms with Gasteiger partial charge in [-0.2, -0.15) is 0 Å². The molecule has 1 aromatic heterocycles. The van der Waals surface area contributed by atoms with Crippen molar-refractivity contribution in [3.8, 4) is 5.75 Å². The van der Waals surface area contributed by atoms with Crippen LogP contribution in [0.15, 0.2) is 44.3 Å². The zero-order chi connectivity index (χ0) is 15.6. The zero-order valence-electron chi connectivity index (χ0n) is 10.8. The summed E-state index contributed by atoms with van der Waals surface area (Å²) in [5, 5.41) is 0. The smallest absolute Gasteiger partial charge is 0.265 e. The van der Waals surface area contributed by atoms with Crippen LogP contribution >= 0.6 is 31.9 Å². The highest BCUT2D eigenvalue weighted by Gasteiger charge is 2.21. The summed E-state index contributed by atoms with van der Waals surface area (Å²) in [7, 11) is -2.43.